The number of halogens is 3. The van der Waals surface area contributed by atoms with E-state index in [1.807, 2.05) is 0 Å². The highest BCUT2D eigenvalue weighted by Gasteiger charge is 2.20. The van der Waals surface area contributed by atoms with Crippen LogP contribution in [-0.2, 0) is 0 Å². The van der Waals surface area contributed by atoms with Crippen molar-refractivity contribution in [2.24, 2.45) is 0 Å². The molecule has 0 aliphatic heterocycles. The Morgan fingerprint density at radius 2 is 1.88 bits per heavy atom. The summed E-state index contributed by atoms with van der Waals surface area (Å²) in [5, 5.41) is 11.9. The summed E-state index contributed by atoms with van der Waals surface area (Å²) < 4.78 is 1.43. The number of nitrogens with zero attached hydrogens (tertiary/aromatic N) is 3. The number of aromatic nitrogens is 2. The molecule has 0 radical (unpaired) electrons. The van der Waals surface area contributed by atoms with Gasteiger partial charge in [0.25, 0.3) is 11.2 Å². The predicted molar refractivity (Wildman–Crippen MR) is 97.9 cm³/mol. The van der Waals surface area contributed by atoms with E-state index in [1.54, 1.807) is 25.1 Å². The molecule has 1 atom stereocenters. The molecule has 1 heterocycles. The van der Waals surface area contributed by atoms with Gasteiger partial charge >= 0.3 is 0 Å². The summed E-state index contributed by atoms with van der Waals surface area (Å²) in [4.78, 5) is 26.9. The maximum Gasteiger partial charge on any atom is 0.290 e. The number of hydrogen-bond acceptors (Lipinski definition) is 4. The van der Waals surface area contributed by atoms with Crippen molar-refractivity contribution in [3.8, 4) is 0 Å². The van der Waals surface area contributed by atoms with Gasteiger partial charge in [-0.2, -0.15) is 0 Å². The zero-order valence-corrected chi connectivity index (χ0v) is 15.0. The van der Waals surface area contributed by atoms with Gasteiger partial charge in [0.05, 0.1) is 28.2 Å². The van der Waals surface area contributed by atoms with Crippen LogP contribution in [0.2, 0.25) is 15.1 Å². The van der Waals surface area contributed by atoms with E-state index in [4.69, 9.17) is 34.8 Å². The Balaban J connectivity index is 2.30. The van der Waals surface area contributed by atoms with E-state index in [9.17, 15) is 14.9 Å². The lowest BCUT2D eigenvalue weighted by Gasteiger charge is -2.19. The molecule has 0 saturated heterocycles. The molecule has 128 valence electrons. The fraction of sp³-hybridized carbons (Fsp3) is 0.125. The van der Waals surface area contributed by atoms with E-state index < -0.39 is 11.0 Å². The smallest absolute Gasteiger partial charge is 0.290 e. The molecule has 0 aliphatic rings. The second kappa shape index (κ2) is 6.63. The van der Waals surface area contributed by atoms with Gasteiger partial charge in [0.2, 0.25) is 0 Å². The first-order valence-electron chi connectivity index (χ1n) is 7.09. The minimum absolute atomic E-state index is 0.0805. The highest BCUT2D eigenvalue weighted by atomic mass is 35.5. The fourth-order valence-electron chi connectivity index (χ4n) is 2.66. The van der Waals surface area contributed by atoms with Crippen molar-refractivity contribution in [1.82, 2.24) is 9.55 Å². The van der Waals surface area contributed by atoms with Crippen LogP contribution < -0.4 is 5.56 Å². The van der Waals surface area contributed by atoms with Crippen molar-refractivity contribution in [2.45, 2.75) is 13.0 Å². The fourth-order valence-corrected chi connectivity index (χ4v) is 3.34. The highest BCUT2D eigenvalue weighted by Crippen LogP contribution is 2.32. The van der Waals surface area contributed by atoms with Crippen molar-refractivity contribution in [1.29, 1.82) is 0 Å². The standard InChI is InChI=1S/C16H10Cl3N3O3/c1-8(10-4-9(17)2-3-11(10)18)21-15-5-12(19)14(22(24)25)6-13(15)20-7-16(21)23/h2-8H,1H3/t8-/m0/s1. The van der Waals surface area contributed by atoms with Gasteiger partial charge in [-0.3, -0.25) is 19.5 Å². The van der Waals surface area contributed by atoms with Crippen molar-refractivity contribution >= 4 is 51.5 Å². The second-order valence-corrected chi connectivity index (χ2v) is 6.61. The number of fused-ring (bicyclic) bond motifs is 1. The number of benzene rings is 2. The second-order valence-electron chi connectivity index (χ2n) is 5.36. The Morgan fingerprint density at radius 1 is 1.16 bits per heavy atom. The lowest BCUT2D eigenvalue weighted by atomic mass is 10.1. The number of nitro benzene ring substituents is 1. The Morgan fingerprint density at radius 3 is 2.56 bits per heavy atom. The molecular formula is C16H10Cl3N3O3. The van der Waals surface area contributed by atoms with Gasteiger partial charge in [-0.25, -0.2) is 4.98 Å². The average molecular weight is 399 g/mol. The van der Waals surface area contributed by atoms with E-state index in [0.717, 1.165) is 6.20 Å². The predicted octanol–water partition coefficient (Wildman–Crippen LogP) is 4.87. The zero-order chi connectivity index (χ0) is 18.3. The Kier molecular flexibility index (Phi) is 4.69. The Hall–Kier alpha value is -2.15. The monoisotopic (exact) mass is 397 g/mol. The van der Waals surface area contributed by atoms with Crippen LogP contribution in [0.1, 0.15) is 18.5 Å². The summed E-state index contributed by atoms with van der Waals surface area (Å²) in [7, 11) is 0. The normalized spacial score (nSPS) is 12.3. The van der Waals surface area contributed by atoms with Crippen LogP contribution in [0.3, 0.4) is 0 Å². The summed E-state index contributed by atoms with van der Waals surface area (Å²) in [5.41, 5.74) is 0.617. The third-order valence-electron chi connectivity index (χ3n) is 3.85. The molecule has 2 aromatic carbocycles. The lowest BCUT2D eigenvalue weighted by molar-refractivity contribution is -0.384. The third-order valence-corrected chi connectivity index (χ3v) is 4.73. The molecule has 0 saturated carbocycles. The Labute approximate surface area is 156 Å². The number of rotatable bonds is 3. The van der Waals surface area contributed by atoms with Crippen molar-refractivity contribution < 1.29 is 4.92 Å². The first-order valence-corrected chi connectivity index (χ1v) is 8.23. The molecule has 0 bridgehead atoms. The third kappa shape index (κ3) is 3.20. The molecule has 0 N–H and O–H groups in total. The lowest BCUT2D eigenvalue weighted by Crippen LogP contribution is -2.24. The van der Waals surface area contributed by atoms with E-state index in [-0.39, 0.29) is 21.8 Å². The molecule has 0 spiro atoms. The van der Waals surface area contributed by atoms with Gasteiger partial charge in [-0.1, -0.05) is 34.8 Å². The van der Waals surface area contributed by atoms with Crippen LogP contribution in [0, 0.1) is 10.1 Å². The summed E-state index contributed by atoms with van der Waals surface area (Å²) in [5.74, 6) is 0. The minimum Gasteiger partial charge on any atom is -0.298 e. The highest BCUT2D eigenvalue weighted by molar-refractivity contribution is 6.34. The van der Waals surface area contributed by atoms with E-state index in [1.165, 1.54) is 16.7 Å². The summed E-state index contributed by atoms with van der Waals surface area (Å²) in [6, 6.07) is 7.07. The van der Waals surface area contributed by atoms with Gasteiger partial charge in [-0.05, 0) is 36.8 Å². The van der Waals surface area contributed by atoms with E-state index >= 15 is 0 Å². The zero-order valence-electron chi connectivity index (χ0n) is 12.7. The minimum atomic E-state index is -0.601. The topological polar surface area (TPSA) is 78.0 Å². The van der Waals surface area contributed by atoms with Crippen LogP contribution in [0.25, 0.3) is 11.0 Å². The molecular weight excluding hydrogens is 389 g/mol. The summed E-state index contributed by atoms with van der Waals surface area (Å²) in [6.45, 7) is 1.77. The maximum absolute atomic E-state index is 12.4. The van der Waals surface area contributed by atoms with Crippen LogP contribution in [0.15, 0.2) is 41.3 Å². The molecule has 6 nitrogen and oxygen atoms in total. The summed E-state index contributed by atoms with van der Waals surface area (Å²) >= 11 is 18.3. The molecule has 3 rings (SSSR count). The van der Waals surface area contributed by atoms with Crippen molar-refractivity contribution in [3.63, 3.8) is 0 Å². The van der Waals surface area contributed by atoms with E-state index in [2.05, 4.69) is 4.98 Å². The van der Waals surface area contributed by atoms with Crippen LogP contribution >= 0.6 is 34.8 Å². The largest absolute Gasteiger partial charge is 0.298 e. The van der Waals surface area contributed by atoms with Gasteiger partial charge < -0.3 is 0 Å². The van der Waals surface area contributed by atoms with Crippen LogP contribution in [-0.4, -0.2) is 14.5 Å². The first kappa shape index (κ1) is 17.7. The van der Waals surface area contributed by atoms with Crippen LogP contribution in [0.4, 0.5) is 5.69 Å². The number of nitro groups is 1. The SMILES string of the molecule is C[C@@H](c1cc(Cl)ccc1Cl)n1c(=O)cnc2cc([N+](=O)[O-])c(Cl)cc21. The first-order chi connectivity index (χ1) is 11.8. The quantitative estimate of drug-likeness (QED) is 0.465. The average Bonchev–Trinajstić information content (AvgIpc) is 2.55. The molecule has 3 aromatic rings. The van der Waals surface area contributed by atoms with Crippen LogP contribution in [0.5, 0.6) is 0 Å². The van der Waals surface area contributed by atoms with Gasteiger partial charge in [0.15, 0.2) is 0 Å². The van der Waals surface area contributed by atoms with Gasteiger partial charge in [0, 0.05) is 16.1 Å². The van der Waals surface area contributed by atoms with Crippen molar-refractivity contribution in [2.75, 3.05) is 0 Å². The molecule has 0 amide bonds. The molecule has 0 aliphatic carbocycles. The van der Waals surface area contributed by atoms with E-state index in [0.29, 0.717) is 21.1 Å². The molecule has 1 aromatic heterocycles. The molecule has 0 unspecified atom stereocenters. The maximum atomic E-state index is 12.4. The summed E-state index contributed by atoms with van der Waals surface area (Å²) in [6.07, 6.45) is 1.11. The van der Waals surface area contributed by atoms with Crippen molar-refractivity contribution in [3.05, 3.63) is 77.6 Å². The van der Waals surface area contributed by atoms with Gasteiger partial charge in [-0.15, -0.1) is 0 Å². The molecule has 9 heteroatoms. The molecule has 0 fully saturated rings. The number of hydrogen-bond donors (Lipinski definition) is 0. The molecule has 25 heavy (non-hydrogen) atoms. The van der Waals surface area contributed by atoms with Gasteiger partial charge in [0.1, 0.15) is 5.02 Å². The Bertz CT molecular complexity index is 1070.